The van der Waals surface area contributed by atoms with Gasteiger partial charge < -0.3 is 19.3 Å². The van der Waals surface area contributed by atoms with Crippen LogP contribution in [0.15, 0.2) is 41.4 Å². The fourth-order valence-corrected chi connectivity index (χ4v) is 6.96. The first kappa shape index (κ1) is 27.5. The minimum Gasteiger partial charge on any atom is -0.497 e. The molecular weight excluding hydrogens is 541 g/mol. The summed E-state index contributed by atoms with van der Waals surface area (Å²) in [5.41, 5.74) is -1.35. The Kier molecular flexibility index (Phi) is 7.40. The summed E-state index contributed by atoms with van der Waals surface area (Å²) in [5, 5.41) is -0.337. The Bertz CT molecular complexity index is 1300. The van der Waals surface area contributed by atoms with Gasteiger partial charge >= 0.3 is 6.09 Å². The van der Waals surface area contributed by atoms with Crippen molar-refractivity contribution >= 4 is 45.0 Å². The first-order valence-corrected chi connectivity index (χ1v) is 14.0. The van der Waals surface area contributed by atoms with Crippen molar-refractivity contribution in [3.63, 3.8) is 0 Å². The second-order valence-electron chi connectivity index (χ2n) is 10.3. The molecule has 2 fully saturated rings. The van der Waals surface area contributed by atoms with Gasteiger partial charge in [0.15, 0.2) is 9.84 Å². The quantitative estimate of drug-likeness (QED) is 0.536. The maximum atomic E-state index is 13.9. The molecule has 9 nitrogen and oxygen atoms in total. The van der Waals surface area contributed by atoms with Gasteiger partial charge in [-0.2, -0.15) is 0 Å². The van der Waals surface area contributed by atoms with Crippen molar-refractivity contribution in [3.8, 4) is 5.75 Å². The highest BCUT2D eigenvalue weighted by Crippen LogP contribution is 2.39. The van der Waals surface area contributed by atoms with E-state index in [-0.39, 0.29) is 48.4 Å². The molecule has 0 bridgehead atoms. The van der Waals surface area contributed by atoms with Crippen LogP contribution in [0.1, 0.15) is 32.9 Å². The highest BCUT2D eigenvalue weighted by atomic mass is 35.5. The van der Waals surface area contributed by atoms with Crippen LogP contribution in [0, 0.1) is 0 Å². The predicted octanol–water partition coefficient (Wildman–Crippen LogP) is 3.96. The first-order valence-electron chi connectivity index (χ1n) is 11.7. The Balaban J connectivity index is 1.56. The normalized spacial score (nSPS) is 19.4. The molecule has 0 radical (unpaired) electrons. The third-order valence-corrected chi connectivity index (χ3v) is 9.40. The number of likely N-dealkylation sites (tertiary alicyclic amines) is 2. The van der Waals surface area contributed by atoms with Crippen LogP contribution in [-0.4, -0.2) is 79.3 Å². The number of pyridine rings is 1. The van der Waals surface area contributed by atoms with Gasteiger partial charge in [-0.3, -0.25) is 9.78 Å². The van der Waals surface area contributed by atoms with E-state index < -0.39 is 32.2 Å². The van der Waals surface area contributed by atoms with Gasteiger partial charge in [0.1, 0.15) is 16.8 Å². The number of aromatic nitrogens is 1. The van der Waals surface area contributed by atoms with E-state index in [4.69, 9.17) is 32.7 Å². The van der Waals surface area contributed by atoms with E-state index in [1.165, 1.54) is 41.3 Å². The third kappa shape index (κ3) is 5.37. The summed E-state index contributed by atoms with van der Waals surface area (Å²) >= 11 is 12.3. The van der Waals surface area contributed by atoms with E-state index in [9.17, 15) is 18.0 Å². The molecule has 2 aliphatic rings. The summed E-state index contributed by atoms with van der Waals surface area (Å²) < 4.78 is 37.3. The van der Waals surface area contributed by atoms with Crippen LogP contribution in [0.5, 0.6) is 5.75 Å². The molecule has 0 spiro atoms. The third-order valence-electron chi connectivity index (χ3n) is 6.52. The smallest absolute Gasteiger partial charge is 0.410 e. The zero-order valence-electron chi connectivity index (χ0n) is 21.0. The number of rotatable bonds is 5. The summed E-state index contributed by atoms with van der Waals surface area (Å²) in [6, 6.07) is 7.71. The summed E-state index contributed by atoms with van der Waals surface area (Å²) in [6.45, 7) is 5.68. The van der Waals surface area contributed by atoms with Gasteiger partial charge in [-0.15, -0.1) is 0 Å². The molecule has 3 heterocycles. The molecule has 1 atom stereocenters. The number of halogens is 2. The van der Waals surface area contributed by atoms with Gasteiger partial charge in [0, 0.05) is 38.4 Å². The molecule has 2 aliphatic heterocycles. The number of benzene rings is 1. The van der Waals surface area contributed by atoms with Crippen molar-refractivity contribution in [2.45, 2.75) is 48.4 Å². The van der Waals surface area contributed by atoms with E-state index in [0.717, 1.165) is 0 Å². The molecule has 37 heavy (non-hydrogen) atoms. The molecule has 2 aromatic rings. The van der Waals surface area contributed by atoms with Crippen LogP contribution in [-0.2, 0) is 24.8 Å². The van der Waals surface area contributed by atoms with Crippen molar-refractivity contribution in [2.24, 2.45) is 0 Å². The van der Waals surface area contributed by atoms with E-state index in [2.05, 4.69) is 4.98 Å². The number of carbonyl (C=O) groups excluding carboxylic acids is 2. The molecule has 2 saturated heterocycles. The largest absolute Gasteiger partial charge is 0.497 e. The summed E-state index contributed by atoms with van der Waals surface area (Å²) in [6.07, 6.45) is 1.18. The number of methoxy groups -OCH3 is 1. The summed E-state index contributed by atoms with van der Waals surface area (Å²) in [7, 11) is -2.34. The van der Waals surface area contributed by atoms with Crippen LogP contribution >= 0.6 is 23.2 Å². The number of sulfone groups is 1. The number of amides is 2. The minimum absolute atomic E-state index is 0.00286. The van der Waals surface area contributed by atoms with Crippen molar-refractivity contribution in [3.05, 3.63) is 52.3 Å². The molecule has 0 aliphatic carbocycles. The van der Waals surface area contributed by atoms with Crippen LogP contribution in [0.25, 0.3) is 0 Å². The second kappa shape index (κ2) is 9.96. The van der Waals surface area contributed by atoms with Gasteiger partial charge in [0.2, 0.25) is 5.91 Å². The Morgan fingerprint density at radius 3 is 2.38 bits per heavy atom. The molecule has 0 N–H and O–H groups in total. The van der Waals surface area contributed by atoms with Crippen LogP contribution in [0.3, 0.4) is 0 Å². The Labute approximate surface area is 226 Å². The number of nitrogens with zero attached hydrogens (tertiary/aromatic N) is 3. The Morgan fingerprint density at radius 1 is 1.11 bits per heavy atom. The number of carbonyl (C=O) groups is 2. The summed E-state index contributed by atoms with van der Waals surface area (Å²) in [4.78, 5) is 33.8. The van der Waals surface area contributed by atoms with Crippen molar-refractivity contribution < 1.29 is 27.5 Å². The first-order chi connectivity index (χ1) is 17.3. The molecule has 2 amide bonds. The highest BCUT2D eigenvalue weighted by molar-refractivity contribution is 7.92. The molecule has 1 unspecified atom stereocenters. The molecule has 1 aromatic carbocycles. The zero-order valence-corrected chi connectivity index (χ0v) is 23.4. The fraction of sp³-hybridized carbons (Fsp3) is 0.480. The fourth-order valence-electron chi connectivity index (χ4n) is 4.61. The van der Waals surface area contributed by atoms with E-state index in [0.29, 0.717) is 16.5 Å². The standard InChI is InChI=1S/C25H29Cl2N3O6S/c1-24(2,3)36-23(32)30-14-25(15-30,21-8-5-16(26)12-28-21)22(31)29-10-9-18(13-29)37(33,34)20-7-6-17(35-4)11-19(20)27/h5-8,11-12,18H,9-10,13-15H2,1-4H3. The van der Waals surface area contributed by atoms with Gasteiger partial charge in [0.25, 0.3) is 0 Å². The molecule has 12 heteroatoms. The molecule has 200 valence electrons. The lowest BCUT2D eigenvalue weighted by Crippen LogP contribution is -2.68. The van der Waals surface area contributed by atoms with Crippen molar-refractivity contribution in [1.29, 1.82) is 0 Å². The maximum Gasteiger partial charge on any atom is 0.410 e. The van der Waals surface area contributed by atoms with E-state index >= 15 is 0 Å². The van der Waals surface area contributed by atoms with Gasteiger partial charge in [0.05, 0.1) is 33.0 Å². The molecule has 4 rings (SSSR count). The predicted molar refractivity (Wildman–Crippen MR) is 139 cm³/mol. The average molecular weight is 570 g/mol. The number of hydrogen-bond acceptors (Lipinski definition) is 7. The number of hydrogen-bond donors (Lipinski definition) is 0. The Morgan fingerprint density at radius 2 is 1.81 bits per heavy atom. The monoisotopic (exact) mass is 569 g/mol. The van der Waals surface area contributed by atoms with Crippen LogP contribution < -0.4 is 4.74 Å². The van der Waals surface area contributed by atoms with Crippen molar-refractivity contribution in [2.75, 3.05) is 33.3 Å². The van der Waals surface area contributed by atoms with E-state index in [1.54, 1.807) is 32.9 Å². The number of ether oxygens (including phenoxy) is 2. The SMILES string of the molecule is COc1ccc(S(=O)(=O)C2CCN(C(=O)C3(c4ccc(Cl)cn4)CN(C(=O)OC(C)(C)C)C3)C2)c(Cl)c1. The lowest BCUT2D eigenvalue weighted by Gasteiger charge is -2.49. The second-order valence-corrected chi connectivity index (χ2v) is 13.3. The Hall–Kier alpha value is -2.56. The average Bonchev–Trinajstić information content (AvgIpc) is 3.29. The maximum absolute atomic E-state index is 13.9. The minimum atomic E-state index is -3.81. The lowest BCUT2D eigenvalue weighted by molar-refractivity contribution is -0.143. The highest BCUT2D eigenvalue weighted by Gasteiger charge is 2.56. The summed E-state index contributed by atoms with van der Waals surface area (Å²) in [5.74, 6) is 0.157. The van der Waals surface area contributed by atoms with Gasteiger partial charge in [-0.1, -0.05) is 23.2 Å². The van der Waals surface area contributed by atoms with Crippen LogP contribution in [0.2, 0.25) is 10.0 Å². The van der Waals surface area contributed by atoms with Crippen LogP contribution in [0.4, 0.5) is 4.79 Å². The molecule has 1 aromatic heterocycles. The topological polar surface area (TPSA) is 106 Å². The van der Waals surface area contributed by atoms with E-state index in [1.807, 2.05) is 0 Å². The zero-order chi connectivity index (χ0) is 27.2. The van der Waals surface area contributed by atoms with Gasteiger partial charge in [-0.25, -0.2) is 13.2 Å². The van der Waals surface area contributed by atoms with Crippen molar-refractivity contribution in [1.82, 2.24) is 14.8 Å². The molecular formula is C25H29Cl2N3O6S. The lowest BCUT2D eigenvalue weighted by atomic mass is 9.75. The van der Waals surface area contributed by atoms with Gasteiger partial charge in [-0.05, 0) is 51.5 Å². The molecule has 0 saturated carbocycles.